The summed E-state index contributed by atoms with van der Waals surface area (Å²) in [6, 6.07) is 63.7. The van der Waals surface area contributed by atoms with Crippen LogP contribution in [0.1, 0.15) is 26.3 Å². The van der Waals surface area contributed by atoms with Gasteiger partial charge in [0.15, 0.2) is 0 Å². The Hall–Kier alpha value is -6.38. The summed E-state index contributed by atoms with van der Waals surface area (Å²) in [7, 11) is 0. The summed E-state index contributed by atoms with van der Waals surface area (Å²) in [4.78, 5) is 2.41. The minimum absolute atomic E-state index is 0.0980. The molecule has 0 saturated carbocycles. The van der Waals surface area contributed by atoms with E-state index in [4.69, 9.17) is 1.37 Å². The number of anilines is 3. The molecule has 10 rings (SSSR count). The van der Waals surface area contributed by atoms with Crippen molar-refractivity contribution in [3.05, 3.63) is 193 Å². The zero-order valence-electron chi connectivity index (χ0n) is 29.6. The van der Waals surface area contributed by atoms with Gasteiger partial charge in [-0.1, -0.05) is 135 Å². The topological polar surface area (TPSA) is 8.17 Å². The van der Waals surface area contributed by atoms with Crippen molar-refractivity contribution in [3.63, 3.8) is 0 Å². The van der Waals surface area contributed by atoms with Gasteiger partial charge in [-0.05, 0) is 99.4 Å². The lowest BCUT2D eigenvalue weighted by atomic mass is 9.82. The number of fused-ring (bicyclic) bond motifs is 7. The van der Waals surface area contributed by atoms with E-state index < -0.39 is 0 Å². The van der Waals surface area contributed by atoms with E-state index in [0.717, 1.165) is 55.7 Å². The van der Waals surface area contributed by atoms with Crippen LogP contribution in [0, 0.1) is 0 Å². The molecule has 1 aliphatic carbocycles. The molecule has 1 aromatic heterocycles. The van der Waals surface area contributed by atoms with Gasteiger partial charge in [-0.3, -0.25) is 0 Å². The molecule has 0 aliphatic heterocycles. The van der Waals surface area contributed by atoms with Gasteiger partial charge in [0.25, 0.3) is 0 Å². The second-order valence-corrected chi connectivity index (χ2v) is 14.1. The fourth-order valence-electron chi connectivity index (χ4n) is 8.41. The van der Waals surface area contributed by atoms with Gasteiger partial charge >= 0.3 is 0 Å². The van der Waals surface area contributed by atoms with E-state index in [-0.39, 0.29) is 5.41 Å². The Morgan fingerprint density at radius 1 is 0.490 bits per heavy atom. The van der Waals surface area contributed by atoms with E-state index in [1.165, 1.54) is 33.0 Å². The maximum absolute atomic E-state index is 8.42. The van der Waals surface area contributed by atoms with Crippen LogP contribution in [0.15, 0.2) is 182 Å². The van der Waals surface area contributed by atoms with E-state index >= 15 is 0 Å². The summed E-state index contributed by atoms with van der Waals surface area (Å²) in [5.41, 5.74) is 14.3. The minimum Gasteiger partial charge on any atom is -0.310 e. The first kappa shape index (κ1) is 28.5. The van der Waals surface area contributed by atoms with Crippen molar-refractivity contribution in [2.24, 2.45) is 0 Å². The van der Waals surface area contributed by atoms with E-state index in [2.05, 4.69) is 181 Å². The van der Waals surface area contributed by atoms with Crippen molar-refractivity contribution < 1.29 is 1.37 Å². The van der Waals surface area contributed by atoms with Crippen molar-refractivity contribution in [2.45, 2.75) is 19.3 Å². The number of para-hydroxylation sites is 2. The molecule has 8 aromatic carbocycles. The quantitative estimate of drug-likeness (QED) is 0.179. The Morgan fingerprint density at radius 2 is 1.20 bits per heavy atom. The van der Waals surface area contributed by atoms with Gasteiger partial charge in [-0.25, -0.2) is 0 Å². The molecule has 0 fully saturated rings. The van der Waals surface area contributed by atoms with Crippen LogP contribution >= 0.6 is 0 Å². The highest BCUT2D eigenvalue weighted by Crippen LogP contribution is 2.51. The van der Waals surface area contributed by atoms with E-state index in [9.17, 15) is 0 Å². The number of hydrogen-bond donors (Lipinski definition) is 0. The van der Waals surface area contributed by atoms with Gasteiger partial charge in [0.05, 0.1) is 18.1 Å². The van der Waals surface area contributed by atoms with Crippen LogP contribution in [0.5, 0.6) is 0 Å². The van der Waals surface area contributed by atoms with Crippen LogP contribution < -0.4 is 4.90 Å². The summed E-state index contributed by atoms with van der Waals surface area (Å²) >= 11 is 0. The van der Waals surface area contributed by atoms with Crippen molar-refractivity contribution in [2.75, 3.05) is 4.90 Å². The molecular formula is C49H36N2. The molecule has 0 spiro atoms. The third-order valence-corrected chi connectivity index (χ3v) is 10.9. The lowest BCUT2D eigenvalue weighted by molar-refractivity contribution is 0.660. The van der Waals surface area contributed by atoms with E-state index in [1.807, 2.05) is 18.2 Å². The summed E-state index contributed by atoms with van der Waals surface area (Å²) in [6.07, 6.45) is 0. The largest absolute Gasteiger partial charge is 0.310 e. The summed E-state index contributed by atoms with van der Waals surface area (Å²) < 4.78 is 10.7. The fourth-order valence-corrected chi connectivity index (χ4v) is 8.41. The van der Waals surface area contributed by atoms with Gasteiger partial charge in [-0.2, -0.15) is 0 Å². The second-order valence-electron chi connectivity index (χ2n) is 14.1. The van der Waals surface area contributed by atoms with Gasteiger partial charge in [-0.15, -0.1) is 0 Å². The van der Waals surface area contributed by atoms with Crippen LogP contribution in [-0.4, -0.2) is 4.57 Å². The number of benzene rings is 8. The minimum atomic E-state index is -0.0980. The highest BCUT2D eigenvalue weighted by Gasteiger charge is 2.35. The predicted octanol–water partition coefficient (Wildman–Crippen LogP) is 13.4. The standard InChI is InChI=1S/C49H36N2/c1-49(2)44-20-10-8-18-40(44)41-29-28-38(32-45(41)49)50(46-22-12-14-34-13-6-7-17-39(34)46)37-26-23-33(24-27-37)35-25-30-48-43(31-35)42-19-9-11-21-47(42)51(48)36-15-4-3-5-16-36/h3-32H,1-2H3/i9D. The van der Waals surface area contributed by atoms with Gasteiger partial charge < -0.3 is 9.47 Å². The van der Waals surface area contributed by atoms with Crippen LogP contribution in [0.3, 0.4) is 0 Å². The Balaban J connectivity index is 1.11. The van der Waals surface area contributed by atoms with Gasteiger partial charge in [0.2, 0.25) is 0 Å². The van der Waals surface area contributed by atoms with Crippen LogP contribution in [0.2, 0.25) is 0 Å². The van der Waals surface area contributed by atoms with Crippen molar-refractivity contribution in [1.29, 1.82) is 0 Å². The molecule has 0 unspecified atom stereocenters. The SMILES string of the molecule is [2H]c1ccc2c(c1)c1cc(-c3ccc(N(c4ccc5c(c4)C(C)(C)c4ccccc4-5)c4cccc5ccccc45)cc3)ccc1n2-c1ccccc1. The van der Waals surface area contributed by atoms with Crippen molar-refractivity contribution >= 4 is 49.6 Å². The molecule has 0 saturated heterocycles. The first-order chi connectivity index (χ1) is 25.5. The Bertz CT molecular complexity index is 2820. The first-order valence-corrected chi connectivity index (χ1v) is 17.7. The molecule has 1 aliphatic rings. The Kier molecular flexibility index (Phi) is 6.32. The maximum Gasteiger partial charge on any atom is 0.0623 e. The molecule has 0 amide bonds. The number of nitrogens with zero attached hydrogens (tertiary/aromatic N) is 2. The zero-order chi connectivity index (χ0) is 35.0. The fraction of sp³-hybridized carbons (Fsp3) is 0.0612. The third kappa shape index (κ3) is 4.57. The van der Waals surface area contributed by atoms with Crippen LogP contribution in [-0.2, 0) is 5.41 Å². The molecule has 51 heavy (non-hydrogen) atoms. The average Bonchev–Trinajstić information content (AvgIpc) is 3.63. The van der Waals surface area contributed by atoms with Gasteiger partial charge in [0, 0.05) is 38.6 Å². The third-order valence-electron chi connectivity index (χ3n) is 10.9. The highest BCUT2D eigenvalue weighted by atomic mass is 15.1. The van der Waals surface area contributed by atoms with E-state index in [0.29, 0.717) is 6.04 Å². The Labute approximate surface area is 299 Å². The normalized spacial score (nSPS) is 13.3. The molecule has 0 N–H and O–H groups in total. The van der Waals surface area contributed by atoms with Crippen LogP contribution in [0.25, 0.3) is 60.5 Å². The molecule has 2 nitrogen and oxygen atoms in total. The highest BCUT2D eigenvalue weighted by molar-refractivity contribution is 6.10. The molecule has 242 valence electrons. The summed E-state index contributed by atoms with van der Waals surface area (Å²) in [5, 5.41) is 4.67. The van der Waals surface area contributed by atoms with Crippen molar-refractivity contribution in [1.82, 2.24) is 4.57 Å². The number of aromatic nitrogens is 1. The lowest BCUT2D eigenvalue weighted by Crippen LogP contribution is -2.16. The number of rotatable bonds is 5. The molecule has 1 heterocycles. The van der Waals surface area contributed by atoms with E-state index in [1.54, 1.807) is 0 Å². The zero-order valence-corrected chi connectivity index (χ0v) is 28.6. The monoisotopic (exact) mass is 653 g/mol. The molecular weight excluding hydrogens is 617 g/mol. The summed E-state index contributed by atoms with van der Waals surface area (Å²) in [5.74, 6) is 0. The second kappa shape index (κ2) is 11.3. The first-order valence-electron chi connectivity index (χ1n) is 18.2. The molecule has 2 heteroatoms. The maximum atomic E-state index is 8.42. The van der Waals surface area contributed by atoms with Gasteiger partial charge in [0.1, 0.15) is 0 Å². The smallest absolute Gasteiger partial charge is 0.0623 e. The molecule has 0 bridgehead atoms. The van der Waals surface area contributed by atoms with Crippen LogP contribution in [0.4, 0.5) is 17.1 Å². The summed E-state index contributed by atoms with van der Waals surface area (Å²) in [6.45, 7) is 4.69. The van der Waals surface area contributed by atoms with Crippen molar-refractivity contribution in [3.8, 4) is 27.9 Å². The Morgan fingerprint density at radius 3 is 2.08 bits per heavy atom. The lowest BCUT2D eigenvalue weighted by Gasteiger charge is -2.29. The predicted molar refractivity (Wildman–Crippen MR) is 216 cm³/mol. The molecule has 0 radical (unpaired) electrons. The average molecular weight is 654 g/mol. The number of hydrogen-bond acceptors (Lipinski definition) is 1. The molecule has 0 atom stereocenters. The molecule has 9 aromatic rings.